The van der Waals surface area contributed by atoms with Crippen LogP contribution in [0, 0.1) is 0 Å². The SMILES string of the molecule is O=CNc1ccc(NC(=O)Cc2ccccc2)cc1. The van der Waals surface area contributed by atoms with Gasteiger partial charge in [0.1, 0.15) is 0 Å². The molecule has 0 radical (unpaired) electrons. The minimum absolute atomic E-state index is 0.0673. The molecule has 2 aromatic carbocycles. The molecular formula is C15H14N2O2. The fourth-order valence-corrected chi connectivity index (χ4v) is 1.70. The van der Waals surface area contributed by atoms with Gasteiger partial charge in [0.2, 0.25) is 12.3 Å². The van der Waals surface area contributed by atoms with Crippen molar-refractivity contribution in [1.82, 2.24) is 0 Å². The third kappa shape index (κ3) is 3.96. The highest BCUT2D eigenvalue weighted by atomic mass is 16.1. The smallest absolute Gasteiger partial charge is 0.228 e. The molecule has 2 N–H and O–H groups in total. The molecule has 2 amide bonds. The van der Waals surface area contributed by atoms with Crippen molar-refractivity contribution in [3.63, 3.8) is 0 Å². The molecule has 19 heavy (non-hydrogen) atoms. The molecule has 2 aromatic rings. The molecule has 4 heteroatoms. The molecule has 0 spiro atoms. The Morgan fingerprint density at radius 1 is 0.947 bits per heavy atom. The Labute approximate surface area is 111 Å². The van der Waals surface area contributed by atoms with Gasteiger partial charge in [-0.2, -0.15) is 0 Å². The van der Waals surface area contributed by atoms with E-state index >= 15 is 0 Å². The molecule has 0 aliphatic heterocycles. The maximum Gasteiger partial charge on any atom is 0.228 e. The number of hydrogen-bond acceptors (Lipinski definition) is 2. The van der Waals surface area contributed by atoms with E-state index in [-0.39, 0.29) is 5.91 Å². The third-order valence-corrected chi connectivity index (χ3v) is 2.60. The molecule has 0 atom stereocenters. The number of carbonyl (C=O) groups is 2. The second kappa shape index (κ2) is 6.35. The summed E-state index contributed by atoms with van der Waals surface area (Å²) in [7, 11) is 0. The van der Waals surface area contributed by atoms with Gasteiger partial charge in [-0.15, -0.1) is 0 Å². The number of nitrogens with one attached hydrogen (secondary N) is 2. The van der Waals surface area contributed by atoms with E-state index < -0.39 is 0 Å². The predicted molar refractivity (Wildman–Crippen MR) is 74.9 cm³/mol. The van der Waals surface area contributed by atoms with Gasteiger partial charge in [0.25, 0.3) is 0 Å². The summed E-state index contributed by atoms with van der Waals surface area (Å²) in [5, 5.41) is 5.34. The molecule has 0 unspecified atom stereocenters. The van der Waals surface area contributed by atoms with Gasteiger partial charge in [-0.3, -0.25) is 9.59 Å². The number of carbonyl (C=O) groups excluding carboxylic acids is 2. The summed E-state index contributed by atoms with van der Waals surface area (Å²) >= 11 is 0. The van der Waals surface area contributed by atoms with Gasteiger partial charge in [-0.25, -0.2) is 0 Å². The first-order chi connectivity index (χ1) is 9.28. The van der Waals surface area contributed by atoms with Crippen molar-refractivity contribution < 1.29 is 9.59 Å². The van der Waals surface area contributed by atoms with Crippen LogP contribution in [0.2, 0.25) is 0 Å². The van der Waals surface area contributed by atoms with Crippen LogP contribution in [0.3, 0.4) is 0 Å². The topological polar surface area (TPSA) is 58.2 Å². The van der Waals surface area contributed by atoms with Crippen molar-refractivity contribution in [2.24, 2.45) is 0 Å². The monoisotopic (exact) mass is 254 g/mol. The molecule has 4 nitrogen and oxygen atoms in total. The standard InChI is InChI=1S/C15H14N2O2/c18-11-16-13-6-8-14(9-7-13)17-15(19)10-12-4-2-1-3-5-12/h1-9,11H,10H2,(H,16,18)(H,17,19). The third-order valence-electron chi connectivity index (χ3n) is 2.60. The van der Waals surface area contributed by atoms with Crippen LogP contribution in [0.15, 0.2) is 54.6 Å². The van der Waals surface area contributed by atoms with E-state index in [2.05, 4.69) is 10.6 Å². The average Bonchev–Trinajstić information content (AvgIpc) is 2.42. The normalized spacial score (nSPS) is 9.68. The summed E-state index contributed by atoms with van der Waals surface area (Å²) in [6, 6.07) is 16.5. The summed E-state index contributed by atoms with van der Waals surface area (Å²) in [6.07, 6.45) is 0.957. The van der Waals surface area contributed by atoms with Gasteiger partial charge in [0.15, 0.2) is 0 Å². The molecular weight excluding hydrogens is 240 g/mol. The van der Waals surface area contributed by atoms with Crippen LogP contribution in [0.4, 0.5) is 11.4 Å². The van der Waals surface area contributed by atoms with Crippen LogP contribution >= 0.6 is 0 Å². The zero-order valence-electron chi connectivity index (χ0n) is 10.3. The maximum absolute atomic E-state index is 11.8. The van der Waals surface area contributed by atoms with E-state index in [9.17, 15) is 9.59 Å². The zero-order chi connectivity index (χ0) is 13.5. The second-order valence-electron chi connectivity index (χ2n) is 4.05. The molecule has 2 rings (SSSR count). The number of benzene rings is 2. The predicted octanol–water partition coefficient (Wildman–Crippen LogP) is 2.44. The summed E-state index contributed by atoms with van der Waals surface area (Å²) < 4.78 is 0. The van der Waals surface area contributed by atoms with Crippen LogP contribution in [-0.4, -0.2) is 12.3 Å². The fraction of sp³-hybridized carbons (Fsp3) is 0.0667. The Kier molecular flexibility index (Phi) is 4.29. The van der Waals surface area contributed by atoms with Crippen molar-refractivity contribution in [2.45, 2.75) is 6.42 Å². The van der Waals surface area contributed by atoms with Crippen molar-refractivity contribution in [3.05, 3.63) is 60.2 Å². The van der Waals surface area contributed by atoms with Crippen molar-refractivity contribution >= 4 is 23.7 Å². The molecule has 0 fully saturated rings. The first-order valence-electron chi connectivity index (χ1n) is 5.92. The van der Waals surface area contributed by atoms with Gasteiger partial charge in [0, 0.05) is 11.4 Å². The van der Waals surface area contributed by atoms with E-state index in [1.54, 1.807) is 24.3 Å². The summed E-state index contributed by atoms with van der Waals surface area (Å²) in [5.41, 5.74) is 2.37. The highest BCUT2D eigenvalue weighted by Crippen LogP contribution is 2.13. The molecule has 96 valence electrons. The number of rotatable bonds is 5. The van der Waals surface area contributed by atoms with Crippen molar-refractivity contribution in [3.8, 4) is 0 Å². The van der Waals surface area contributed by atoms with E-state index in [0.717, 1.165) is 5.56 Å². The number of anilines is 2. The van der Waals surface area contributed by atoms with Gasteiger partial charge in [0.05, 0.1) is 6.42 Å². The van der Waals surface area contributed by atoms with Crippen LogP contribution < -0.4 is 10.6 Å². The van der Waals surface area contributed by atoms with Gasteiger partial charge in [-0.05, 0) is 29.8 Å². The first kappa shape index (κ1) is 12.8. The summed E-state index contributed by atoms with van der Waals surface area (Å²) in [6.45, 7) is 0. The average molecular weight is 254 g/mol. The van der Waals surface area contributed by atoms with E-state index in [1.807, 2.05) is 30.3 Å². The van der Waals surface area contributed by atoms with Gasteiger partial charge < -0.3 is 10.6 Å². The summed E-state index contributed by atoms with van der Waals surface area (Å²) in [5.74, 6) is -0.0673. The zero-order valence-corrected chi connectivity index (χ0v) is 10.3. The van der Waals surface area contributed by atoms with Gasteiger partial charge in [-0.1, -0.05) is 30.3 Å². The van der Waals surface area contributed by atoms with E-state index in [0.29, 0.717) is 24.2 Å². The summed E-state index contributed by atoms with van der Waals surface area (Å²) in [4.78, 5) is 22.1. The highest BCUT2D eigenvalue weighted by molar-refractivity contribution is 5.92. The quantitative estimate of drug-likeness (QED) is 0.805. The minimum atomic E-state index is -0.0673. The maximum atomic E-state index is 11.8. The lowest BCUT2D eigenvalue weighted by molar-refractivity contribution is -0.115. The minimum Gasteiger partial charge on any atom is -0.329 e. The van der Waals surface area contributed by atoms with E-state index in [1.165, 1.54) is 0 Å². The van der Waals surface area contributed by atoms with Gasteiger partial charge >= 0.3 is 0 Å². The number of amides is 2. The van der Waals surface area contributed by atoms with Crippen LogP contribution in [0.25, 0.3) is 0 Å². The molecule has 0 aliphatic carbocycles. The van der Waals surface area contributed by atoms with E-state index in [4.69, 9.17) is 0 Å². The Morgan fingerprint density at radius 2 is 1.58 bits per heavy atom. The first-order valence-corrected chi connectivity index (χ1v) is 5.92. The lowest BCUT2D eigenvalue weighted by Crippen LogP contribution is -2.14. The fourth-order valence-electron chi connectivity index (χ4n) is 1.70. The molecule has 0 bridgehead atoms. The second-order valence-corrected chi connectivity index (χ2v) is 4.05. The van der Waals surface area contributed by atoms with Crippen LogP contribution in [0.1, 0.15) is 5.56 Å². The Morgan fingerprint density at radius 3 is 2.21 bits per heavy atom. The Hall–Kier alpha value is -2.62. The molecule has 0 saturated heterocycles. The highest BCUT2D eigenvalue weighted by Gasteiger charge is 2.03. The number of hydrogen-bond donors (Lipinski definition) is 2. The van der Waals surface area contributed by atoms with Crippen molar-refractivity contribution in [2.75, 3.05) is 10.6 Å². The molecule has 0 saturated carbocycles. The van der Waals surface area contributed by atoms with Crippen molar-refractivity contribution in [1.29, 1.82) is 0 Å². The lowest BCUT2D eigenvalue weighted by atomic mass is 10.1. The van der Waals surface area contributed by atoms with Crippen LogP contribution in [-0.2, 0) is 16.0 Å². The van der Waals surface area contributed by atoms with Crippen LogP contribution in [0.5, 0.6) is 0 Å². The lowest BCUT2D eigenvalue weighted by Gasteiger charge is -2.06. The molecule has 0 heterocycles. The molecule has 0 aliphatic rings. The molecule has 0 aromatic heterocycles. The Bertz CT molecular complexity index is 550. The largest absolute Gasteiger partial charge is 0.329 e. The Balaban J connectivity index is 1.93.